The van der Waals surface area contributed by atoms with Gasteiger partial charge in [-0.05, 0) is 81.9 Å². The number of fused-ring (bicyclic) bond motifs is 6. The summed E-state index contributed by atoms with van der Waals surface area (Å²) in [6.07, 6.45) is 0. The topological polar surface area (TPSA) is 56.7 Å². The molecule has 9 aromatic carbocycles. The van der Waals surface area contributed by atoms with Crippen LogP contribution in [0.5, 0.6) is 0 Å². The highest BCUT2D eigenvalue weighted by Crippen LogP contribution is 2.40. The molecule has 0 spiro atoms. The summed E-state index contributed by atoms with van der Waals surface area (Å²) in [5.41, 5.74) is 14.6. The third kappa shape index (κ3) is 6.14. The van der Waals surface area contributed by atoms with Crippen LogP contribution in [0.1, 0.15) is 0 Å². The molecular formula is C57H36N4O. The summed E-state index contributed by atoms with van der Waals surface area (Å²) < 4.78 is 8.64. The van der Waals surface area contributed by atoms with Crippen LogP contribution in [-0.2, 0) is 0 Å². The second-order valence-electron chi connectivity index (χ2n) is 15.6. The van der Waals surface area contributed by atoms with Gasteiger partial charge in [0.15, 0.2) is 17.5 Å². The number of nitrogens with zero attached hydrogens (tertiary/aromatic N) is 4. The normalized spacial score (nSPS) is 11.5. The number of rotatable bonds is 7. The Labute approximate surface area is 357 Å². The quantitative estimate of drug-likeness (QED) is 0.161. The van der Waals surface area contributed by atoms with E-state index in [1.165, 1.54) is 16.5 Å². The fraction of sp³-hybridized carbons (Fsp3) is 0. The molecular weight excluding hydrogens is 757 g/mol. The smallest absolute Gasteiger partial charge is 0.164 e. The van der Waals surface area contributed by atoms with E-state index in [0.717, 1.165) is 83.0 Å². The summed E-state index contributed by atoms with van der Waals surface area (Å²) in [6, 6.07) is 76.4. The summed E-state index contributed by atoms with van der Waals surface area (Å²) in [7, 11) is 0. The summed E-state index contributed by atoms with van der Waals surface area (Å²) in [5, 5.41) is 4.56. The van der Waals surface area contributed by atoms with Crippen molar-refractivity contribution in [1.29, 1.82) is 0 Å². The molecule has 0 N–H and O–H groups in total. The van der Waals surface area contributed by atoms with E-state index in [9.17, 15) is 0 Å². The first kappa shape index (κ1) is 35.5. The molecule has 0 fully saturated rings. The van der Waals surface area contributed by atoms with Crippen molar-refractivity contribution in [2.45, 2.75) is 0 Å². The molecule has 12 rings (SSSR count). The van der Waals surface area contributed by atoms with Gasteiger partial charge in [0.25, 0.3) is 0 Å². The predicted octanol–water partition coefficient (Wildman–Crippen LogP) is 14.9. The Hall–Kier alpha value is -8.41. The van der Waals surface area contributed by atoms with Crippen LogP contribution in [-0.4, -0.2) is 19.5 Å². The van der Waals surface area contributed by atoms with Crippen molar-refractivity contribution < 1.29 is 4.42 Å². The van der Waals surface area contributed by atoms with Gasteiger partial charge in [-0.3, -0.25) is 0 Å². The minimum Gasteiger partial charge on any atom is -0.456 e. The van der Waals surface area contributed by atoms with E-state index in [2.05, 4.69) is 187 Å². The van der Waals surface area contributed by atoms with E-state index in [1.807, 2.05) is 36.4 Å². The van der Waals surface area contributed by atoms with E-state index in [1.54, 1.807) is 0 Å². The summed E-state index contributed by atoms with van der Waals surface area (Å²) in [4.78, 5) is 15.5. The second kappa shape index (κ2) is 14.7. The molecule has 0 amide bonds. The first-order valence-electron chi connectivity index (χ1n) is 20.8. The van der Waals surface area contributed by atoms with Gasteiger partial charge in [0, 0.05) is 43.9 Å². The van der Waals surface area contributed by atoms with Crippen molar-refractivity contribution in [2.24, 2.45) is 0 Å². The molecule has 0 unspecified atom stereocenters. The molecule has 0 aliphatic rings. The van der Waals surface area contributed by atoms with Crippen LogP contribution in [0.4, 0.5) is 0 Å². The third-order valence-electron chi connectivity index (χ3n) is 11.8. The van der Waals surface area contributed by atoms with Gasteiger partial charge < -0.3 is 8.98 Å². The number of para-hydroxylation sites is 2. The number of benzene rings is 9. The predicted molar refractivity (Wildman–Crippen MR) is 254 cm³/mol. The van der Waals surface area contributed by atoms with Crippen molar-refractivity contribution in [3.63, 3.8) is 0 Å². The first-order valence-corrected chi connectivity index (χ1v) is 20.8. The molecule has 5 heteroatoms. The number of hydrogen-bond acceptors (Lipinski definition) is 4. The van der Waals surface area contributed by atoms with Crippen LogP contribution in [0.25, 0.3) is 117 Å². The lowest BCUT2D eigenvalue weighted by Gasteiger charge is -2.12. The van der Waals surface area contributed by atoms with Crippen molar-refractivity contribution in [3.05, 3.63) is 218 Å². The maximum absolute atomic E-state index is 6.28. The Morgan fingerprint density at radius 3 is 1.60 bits per heavy atom. The molecule has 0 radical (unpaired) electrons. The zero-order chi connectivity index (χ0) is 41.0. The van der Waals surface area contributed by atoms with E-state index >= 15 is 0 Å². The van der Waals surface area contributed by atoms with Crippen LogP contribution in [0.15, 0.2) is 223 Å². The average molecular weight is 793 g/mol. The molecule has 5 nitrogen and oxygen atoms in total. The van der Waals surface area contributed by atoms with Gasteiger partial charge in [-0.2, -0.15) is 0 Å². The molecule has 0 atom stereocenters. The fourth-order valence-corrected chi connectivity index (χ4v) is 8.91. The maximum Gasteiger partial charge on any atom is 0.164 e. The Kier molecular flexibility index (Phi) is 8.42. The lowest BCUT2D eigenvalue weighted by atomic mass is 9.98. The Morgan fingerprint density at radius 1 is 0.306 bits per heavy atom. The Bertz CT molecular complexity index is 3640. The van der Waals surface area contributed by atoms with E-state index < -0.39 is 0 Å². The molecule has 0 aliphatic heterocycles. The highest BCUT2D eigenvalue weighted by Gasteiger charge is 2.19. The molecule has 0 bridgehead atoms. The summed E-state index contributed by atoms with van der Waals surface area (Å²) >= 11 is 0. The van der Waals surface area contributed by atoms with Crippen molar-refractivity contribution in [3.8, 4) is 73.2 Å². The largest absolute Gasteiger partial charge is 0.456 e. The maximum atomic E-state index is 6.28. The number of furan rings is 1. The summed E-state index contributed by atoms with van der Waals surface area (Å²) in [6.45, 7) is 0. The van der Waals surface area contributed by atoms with Crippen LogP contribution in [0.2, 0.25) is 0 Å². The van der Waals surface area contributed by atoms with Gasteiger partial charge in [-0.15, -0.1) is 0 Å². The highest BCUT2D eigenvalue weighted by molar-refractivity contribution is 6.13. The molecule has 3 aromatic heterocycles. The van der Waals surface area contributed by atoms with Gasteiger partial charge >= 0.3 is 0 Å². The molecule has 0 saturated heterocycles. The zero-order valence-electron chi connectivity index (χ0n) is 33.5. The molecule has 0 aliphatic carbocycles. The molecule has 12 aromatic rings. The SMILES string of the molecule is c1ccc(-c2cccc(-c3cccc(-c4nc(-c5ccccc5)nc(-c5ccc6c7ccccc7n(-c7cccc(-c8cccc9oc%10ccccc%10c89)c7)c6c5)n4)c3)c2)cc1. The van der Waals surface area contributed by atoms with Gasteiger partial charge in [-0.1, -0.05) is 170 Å². The number of aromatic nitrogens is 4. The van der Waals surface area contributed by atoms with Gasteiger partial charge in [0.2, 0.25) is 0 Å². The summed E-state index contributed by atoms with van der Waals surface area (Å²) in [5.74, 6) is 1.84. The monoisotopic (exact) mass is 792 g/mol. The minimum atomic E-state index is 0.608. The first-order chi connectivity index (χ1) is 30.7. The molecule has 290 valence electrons. The standard InChI is InChI=1S/C57H36N4O/c1-3-15-37(16-4-1)39-19-11-20-40(33-39)41-21-12-23-43(34-41)56-58-55(38-17-5-2-6-18-38)59-57(60-56)44-31-32-48-47-25-7-9-28-50(47)61(51(48)36-44)45-24-13-22-42(35-45)46-27-14-30-53-54(46)49-26-8-10-29-52(49)62-53/h1-36H. The molecule has 3 heterocycles. The second-order valence-corrected chi connectivity index (χ2v) is 15.6. The zero-order valence-corrected chi connectivity index (χ0v) is 33.5. The van der Waals surface area contributed by atoms with Crippen LogP contribution in [0, 0.1) is 0 Å². The Balaban J connectivity index is 1.01. The van der Waals surface area contributed by atoms with Gasteiger partial charge in [0.05, 0.1) is 11.0 Å². The van der Waals surface area contributed by atoms with E-state index in [0.29, 0.717) is 17.5 Å². The van der Waals surface area contributed by atoms with Crippen LogP contribution < -0.4 is 0 Å². The van der Waals surface area contributed by atoms with Gasteiger partial charge in [-0.25, -0.2) is 15.0 Å². The van der Waals surface area contributed by atoms with E-state index in [-0.39, 0.29) is 0 Å². The van der Waals surface area contributed by atoms with Crippen molar-refractivity contribution >= 4 is 43.7 Å². The van der Waals surface area contributed by atoms with Gasteiger partial charge in [0.1, 0.15) is 11.2 Å². The fourth-order valence-electron chi connectivity index (χ4n) is 8.91. The molecule has 62 heavy (non-hydrogen) atoms. The lowest BCUT2D eigenvalue weighted by Crippen LogP contribution is -2.00. The van der Waals surface area contributed by atoms with E-state index in [4.69, 9.17) is 19.4 Å². The van der Waals surface area contributed by atoms with Crippen molar-refractivity contribution in [1.82, 2.24) is 19.5 Å². The number of hydrogen-bond donors (Lipinski definition) is 0. The third-order valence-corrected chi connectivity index (χ3v) is 11.8. The minimum absolute atomic E-state index is 0.608. The van der Waals surface area contributed by atoms with Crippen LogP contribution >= 0.6 is 0 Å². The van der Waals surface area contributed by atoms with Crippen LogP contribution in [0.3, 0.4) is 0 Å². The Morgan fingerprint density at radius 2 is 0.823 bits per heavy atom. The van der Waals surface area contributed by atoms with Crippen molar-refractivity contribution in [2.75, 3.05) is 0 Å². The highest BCUT2D eigenvalue weighted by atomic mass is 16.3. The lowest BCUT2D eigenvalue weighted by molar-refractivity contribution is 0.669. The average Bonchev–Trinajstić information content (AvgIpc) is 3.90. The molecule has 0 saturated carbocycles.